The van der Waals surface area contributed by atoms with Crippen LogP contribution in [0.5, 0.6) is 0 Å². The zero-order valence-corrected chi connectivity index (χ0v) is 18.6. The van der Waals surface area contributed by atoms with Crippen molar-refractivity contribution in [2.75, 3.05) is 25.5 Å². The highest BCUT2D eigenvalue weighted by molar-refractivity contribution is 6.42. The maximum Gasteiger partial charge on any atom is 0.261 e. The third kappa shape index (κ3) is 4.89. The van der Waals surface area contributed by atoms with Gasteiger partial charge in [0.2, 0.25) is 5.91 Å². The molecular weight excluding hydrogens is 441 g/mol. The summed E-state index contributed by atoms with van der Waals surface area (Å²) < 4.78 is 0. The molecule has 0 saturated carbocycles. The summed E-state index contributed by atoms with van der Waals surface area (Å²) in [5.41, 5.74) is 1.18. The lowest BCUT2D eigenvalue weighted by atomic mass is 10.0. The number of rotatable bonds is 7. The number of benzene rings is 2. The second kappa shape index (κ2) is 9.49. The molecule has 31 heavy (non-hydrogen) atoms. The second-order valence-electron chi connectivity index (χ2n) is 7.21. The molecule has 0 atom stereocenters. The molecule has 0 spiro atoms. The number of imide groups is 1. The van der Waals surface area contributed by atoms with Crippen LogP contribution >= 0.6 is 23.2 Å². The van der Waals surface area contributed by atoms with Gasteiger partial charge in [-0.25, -0.2) is 0 Å². The van der Waals surface area contributed by atoms with Crippen LogP contribution in [0.1, 0.15) is 50.8 Å². The smallest absolute Gasteiger partial charge is 0.261 e. The van der Waals surface area contributed by atoms with Gasteiger partial charge < -0.3 is 10.2 Å². The minimum atomic E-state index is -0.445. The molecule has 1 heterocycles. The number of nitrogens with zero attached hydrogens (tertiary/aromatic N) is 2. The van der Waals surface area contributed by atoms with E-state index in [1.165, 1.54) is 41.1 Å². The van der Waals surface area contributed by atoms with Gasteiger partial charge >= 0.3 is 0 Å². The van der Waals surface area contributed by atoms with Crippen LogP contribution in [0.2, 0.25) is 10.0 Å². The van der Waals surface area contributed by atoms with Crippen LogP contribution in [-0.2, 0) is 4.79 Å². The molecule has 0 fully saturated rings. The van der Waals surface area contributed by atoms with Gasteiger partial charge in [-0.15, -0.1) is 0 Å². The molecule has 1 aliphatic rings. The van der Waals surface area contributed by atoms with Gasteiger partial charge in [-0.3, -0.25) is 24.1 Å². The Morgan fingerprint density at radius 2 is 1.71 bits per heavy atom. The summed E-state index contributed by atoms with van der Waals surface area (Å²) in [5, 5.41) is 3.31. The number of unbranched alkanes of at least 4 members (excludes halogenated alkanes) is 1. The van der Waals surface area contributed by atoms with Crippen molar-refractivity contribution in [1.82, 2.24) is 9.80 Å². The summed E-state index contributed by atoms with van der Waals surface area (Å²) in [7, 11) is 1.48. The number of carbonyl (C=O) groups is 4. The Balaban J connectivity index is 1.68. The van der Waals surface area contributed by atoms with Crippen LogP contribution in [0.25, 0.3) is 0 Å². The van der Waals surface area contributed by atoms with E-state index >= 15 is 0 Å². The van der Waals surface area contributed by atoms with E-state index in [4.69, 9.17) is 23.2 Å². The van der Waals surface area contributed by atoms with Crippen LogP contribution in [-0.4, -0.2) is 53.6 Å². The number of hydrogen-bond acceptors (Lipinski definition) is 4. The second-order valence-corrected chi connectivity index (χ2v) is 8.03. The normalized spacial score (nSPS) is 12.7. The van der Waals surface area contributed by atoms with Crippen molar-refractivity contribution >= 4 is 52.5 Å². The van der Waals surface area contributed by atoms with Crippen LogP contribution < -0.4 is 5.32 Å². The first-order valence-electron chi connectivity index (χ1n) is 9.73. The van der Waals surface area contributed by atoms with Crippen molar-refractivity contribution in [3.8, 4) is 0 Å². The Kier molecular flexibility index (Phi) is 6.97. The summed E-state index contributed by atoms with van der Waals surface area (Å²) in [6.07, 6.45) is 1.57. The first-order valence-corrected chi connectivity index (χ1v) is 10.5. The summed E-state index contributed by atoms with van der Waals surface area (Å²) in [4.78, 5) is 52.5. The maximum atomic E-state index is 12.8. The van der Waals surface area contributed by atoms with Gasteiger partial charge in [-0.05, 0) is 42.8 Å². The summed E-state index contributed by atoms with van der Waals surface area (Å²) >= 11 is 11.8. The van der Waals surface area contributed by atoms with Crippen LogP contribution in [0.3, 0.4) is 0 Å². The molecule has 1 N–H and O–H groups in total. The monoisotopic (exact) mass is 461 g/mol. The predicted molar refractivity (Wildman–Crippen MR) is 119 cm³/mol. The van der Waals surface area contributed by atoms with E-state index in [9.17, 15) is 19.2 Å². The molecule has 0 radical (unpaired) electrons. The topological polar surface area (TPSA) is 86.8 Å². The van der Waals surface area contributed by atoms with E-state index in [0.29, 0.717) is 28.7 Å². The standard InChI is InChI=1S/C22H21Cl2N3O4/c1-3-4-9-27-21(30)15-7-5-13(10-16(15)22(27)31)20(29)26(2)12-19(28)25-14-6-8-17(23)18(24)11-14/h5-8,10-11H,3-4,9,12H2,1-2H3,(H,25,28). The fourth-order valence-electron chi connectivity index (χ4n) is 3.23. The molecule has 2 aromatic carbocycles. The number of anilines is 1. The predicted octanol–water partition coefficient (Wildman–Crippen LogP) is 4.10. The lowest BCUT2D eigenvalue weighted by Crippen LogP contribution is -2.35. The molecule has 0 saturated heterocycles. The highest BCUT2D eigenvalue weighted by atomic mass is 35.5. The van der Waals surface area contributed by atoms with E-state index in [2.05, 4.69) is 5.32 Å². The Bertz CT molecular complexity index is 1070. The molecule has 162 valence electrons. The lowest BCUT2D eigenvalue weighted by Gasteiger charge is -2.17. The molecule has 1 aliphatic heterocycles. The van der Waals surface area contributed by atoms with Gasteiger partial charge in [-0.2, -0.15) is 0 Å². The molecule has 4 amide bonds. The Labute approximate surface area is 189 Å². The van der Waals surface area contributed by atoms with E-state index in [0.717, 1.165) is 6.42 Å². The summed E-state index contributed by atoms with van der Waals surface area (Å²) in [5.74, 6) is -1.61. The van der Waals surface area contributed by atoms with Crippen molar-refractivity contribution in [3.05, 3.63) is 63.1 Å². The van der Waals surface area contributed by atoms with Gasteiger partial charge in [0.25, 0.3) is 17.7 Å². The van der Waals surface area contributed by atoms with Gasteiger partial charge in [0.05, 0.1) is 27.7 Å². The molecule has 0 unspecified atom stereocenters. The summed E-state index contributed by atoms with van der Waals surface area (Å²) in [6, 6.07) is 9.05. The van der Waals surface area contributed by atoms with Crippen molar-refractivity contribution in [3.63, 3.8) is 0 Å². The number of carbonyl (C=O) groups excluding carboxylic acids is 4. The fraction of sp³-hybridized carbons (Fsp3) is 0.273. The van der Waals surface area contributed by atoms with Crippen molar-refractivity contribution in [2.45, 2.75) is 19.8 Å². The fourth-order valence-corrected chi connectivity index (χ4v) is 3.52. The lowest BCUT2D eigenvalue weighted by molar-refractivity contribution is -0.116. The van der Waals surface area contributed by atoms with Crippen molar-refractivity contribution < 1.29 is 19.2 Å². The van der Waals surface area contributed by atoms with Gasteiger partial charge in [0.15, 0.2) is 0 Å². The van der Waals surface area contributed by atoms with E-state index < -0.39 is 17.7 Å². The van der Waals surface area contributed by atoms with Crippen LogP contribution in [0.4, 0.5) is 5.69 Å². The third-order valence-corrected chi connectivity index (χ3v) is 5.62. The molecule has 7 nitrogen and oxygen atoms in total. The molecule has 0 bridgehead atoms. The third-order valence-electron chi connectivity index (χ3n) is 4.88. The zero-order valence-electron chi connectivity index (χ0n) is 17.1. The minimum absolute atomic E-state index is 0.209. The minimum Gasteiger partial charge on any atom is -0.332 e. The average molecular weight is 462 g/mol. The molecular formula is C22H21Cl2N3O4. The quantitative estimate of drug-likeness (QED) is 0.628. The van der Waals surface area contributed by atoms with E-state index in [-0.39, 0.29) is 29.1 Å². The van der Waals surface area contributed by atoms with E-state index in [1.807, 2.05) is 6.92 Å². The SMILES string of the molecule is CCCCN1C(=O)c2ccc(C(=O)N(C)CC(=O)Nc3ccc(Cl)c(Cl)c3)cc2C1=O. The Hall–Kier alpha value is -2.90. The zero-order chi connectivity index (χ0) is 22.7. The van der Waals surface area contributed by atoms with E-state index in [1.54, 1.807) is 12.1 Å². The molecule has 0 aliphatic carbocycles. The van der Waals surface area contributed by atoms with Crippen LogP contribution in [0.15, 0.2) is 36.4 Å². The molecule has 2 aromatic rings. The molecule has 0 aromatic heterocycles. The first-order chi connectivity index (χ1) is 14.7. The van der Waals surface area contributed by atoms with Gasteiger partial charge in [0, 0.05) is 24.8 Å². The first kappa shape index (κ1) is 22.8. The largest absolute Gasteiger partial charge is 0.332 e. The van der Waals surface area contributed by atoms with Crippen molar-refractivity contribution in [2.24, 2.45) is 0 Å². The summed E-state index contributed by atoms with van der Waals surface area (Å²) in [6.45, 7) is 2.11. The number of hydrogen-bond donors (Lipinski definition) is 1. The number of fused-ring (bicyclic) bond motifs is 1. The number of amides is 4. The molecule has 3 rings (SSSR count). The highest BCUT2D eigenvalue weighted by Gasteiger charge is 2.35. The van der Waals surface area contributed by atoms with Gasteiger partial charge in [-0.1, -0.05) is 36.5 Å². The number of nitrogens with one attached hydrogen (secondary N) is 1. The number of likely N-dealkylation sites (N-methyl/N-ethyl adjacent to an activating group) is 1. The van der Waals surface area contributed by atoms with Crippen LogP contribution in [0, 0.1) is 0 Å². The highest BCUT2D eigenvalue weighted by Crippen LogP contribution is 2.26. The average Bonchev–Trinajstić information content (AvgIpc) is 2.98. The van der Waals surface area contributed by atoms with Crippen molar-refractivity contribution in [1.29, 1.82) is 0 Å². The number of halogens is 2. The Morgan fingerprint density at radius 1 is 1.00 bits per heavy atom. The van der Waals surface area contributed by atoms with Gasteiger partial charge in [0.1, 0.15) is 0 Å². The maximum absolute atomic E-state index is 12.8. The molecule has 9 heteroatoms. The Morgan fingerprint density at radius 3 is 2.39 bits per heavy atom.